The Labute approximate surface area is 155 Å². The molecule has 0 saturated carbocycles. The molecule has 0 bridgehead atoms. The number of carbonyl (C=O) groups is 1. The van der Waals surface area contributed by atoms with E-state index in [0.29, 0.717) is 31.9 Å². The summed E-state index contributed by atoms with van der Waals surface area (Å²) in [6.45, 7) is 6.15. The second kappa shape index (κ2) is 11.5. The van der Waals surface area contributed by atoms with Gasteiger partial charge in [0.1, 0.15) is 0 Å². The lowest BCUT2D eigenvalue weighted by atomic mass is 10.1. The predicted octanol–water partition coefficient (Wildman–Crippen LogP) is 1.30. The first-order valence-electron chi connectivity index (χ1n) is 9.24. The minimum atomic E-state index is -0.0514. The molecule has 0 aliphatic carbocycles. The van der Waals surface area contributed by atoms with Gasteiger partial charge < -0.3 is 25.4 Å². The van der Waals surface area contributed by atoms with E-state index < -0.39 is 0 Å². The fourth-order valence-corrected chi connectivity index (χ4v) is 2.66. The van der Waals surface area contributed by atoms with Gasteiger partial charge in [-0.1, -0.05) is 12.1 Å². The van der Waals surface area contributed by atoms with Gasteiger partial charge in [0.25, 0.3) is 5.91 Å². The highest BCUT2D eigenvalue weighted by atomic mass is 16.5. The first kappa shape index (κ1) is 20.2. The van der Waals surface area contributed by atoms with Crippen molar-refractivity contribution >= 4 is 11.9 Å². The quantitative estimate of drug-likeness (QED) is 0.350. The number of amides is 1. The van der Waals surface area contributed by atoms with Crippen LogP contribution in [0.3, 0.4) is 0 Å². The fourth-order valence-electron chi connectivity index (χ4n) is 2.66. The van der Waals surface area contributed by atoms with E-state index in [9.17, 15) is 4.79 Å². The number of rotatable bonds is 9. The molecule has 0 aromatic heterocycles. The maximum Gasteiger partial charge on any atom is 0.251 e. The second-order valence-corrected chi connectivity index (χ2v) is 6.12. The van der Waals surface area contributed by atoms with Gasteiger partial charge in [0.05, 0.1) is 12.7 Å². The standard InChI is InChI=1S/C19H30N4O3/c1-3-21-18(24)16-7-4-6-15(12-16)13-23-19(20-2)22-9-5-10-26-17-8-11-25-14-17/h4,6-7,12,17H,3,5,8-11,13-14H2,1-2H3,(H,21,24)(H2,20,22,23). The molecule has 144 valence electrons. The maximum atomic E-state index is 11.9. The number of guanidine groups is 1. The molecule has 1 heterocycles. The van der Waals surface area contributed by atoms with E-state index >= 15 is 0 Å². The van der Waals surface area contributed by atoms with Crippen molar-refractivity contribution in [3.63, 3.8) is 0 Å². The van der Waals surface area contributed by atoms with Crippen LogP contribution < -0.4 is 16.0 Å². The fraction of sp³-hybridized carbons (Fsp3) is 0.579. The highest BCUT2D eigenvalue weighted by Gasteiger charge is 2.15. The Bertz CT molecular complexity index is 586. The third-order valence-electron chi connectivity index (χ3n) is 4.07. The zero-order chi connectivity index (χ0) is 18.6. The molecule has 1 aliphatic rings. The van der Waals surface area contributed by atoms with E-state index in [-0.39, 0.29) is 12.0 Å². The molecule has 1 aliphatic heterocycles. The molecule has 2 rings (SSSR count). The largest absolute Gasteiger partial charge is 0.379 e. The van der Waals surface area contributed by atoms with Gasteiger partial charge in [0, 0.05) is 45.5 Å². The molecule has 0 radical (unpaired) electrons. The summed E-state index contributed by atoms with van der Waals surface area (Å²) in [6, 6.07) is 7.59. The van der Waals surface area contributed by atoms with Gasteiger partial charge in [-0.25, -0.2) is 0 Å². The van der Waals surface area contributed by atoms with Gasteiger partial charge in [-0.15, -0.1) is 0 Å². The van der Waals surface area contributed by atoms with Crippen LogP contribution in [-0.2, 0) is 16.0 Å². The zero-order valence-corrected chi connectivity index (χ0v) is 15.7. The third kappa shape index (κ3) is 7.01. The lowest BCUT2D eigenvalue weighted by molar-refractivity contribution is 0.0420. The van der Waals surface area contributed by atoms with Crippen molar-refractivity contribution in [2.45, 2.75) is 32.4 Å². The van der Waals surface area contributed by atoms with Crippen molar-refractivity contribution in [1.29, 1.82) is 0 Å². The molecule has 0 spiro atoms. The molecule has 26 heavy (non-hydrogen) atoms. The van der Waals surface area contributed by atoms with Crippen LogP contribution in [0, 0.1) is 0 Å². The molecule has 1 saturated heterocycles. The molecule has 1 aromatic carbocycles. The first-order valence-corrected chi connectivity index (χ1v) is 9.24. The maximum absolute atomic E-state index is 11.9. The number of ether oxygens (including phenoxy) is 2. The van der Waals surface area contributed by atoms with Gasteiger partial charge in [-0.3, -0.25) is 9.79 Å². The Hall–Kier alpha value is -2.12. The minimum Gasteiger partial charge on any atom is -0.379 e. The molecular weight excluding hydrogens is 332 g/mol. The highest BCUT2D eigenvalue weighted by Crippen LogP contribution is 2.08. The number of hydrogen-bond acceptors (Lipinski definition) is 4. The SMILES string of the molecule is CCNC(=O)c1cccc(CNC(=NC)NCCCOC2CCOC2)c1. The highest BCUT2D eigenvalue weighted by molar-refractivity contribution is 5.94. The van der Waals surface area contributed by atoms with Gasteiger partial charge in [0.2, 0.25) is 0 Å². The van der Waals surface area contributed by atoms with E-state index in [1.54, 1.807) is 7.05 Å². The number of nitrogens with one attached hydrogen (secondary N) is 3. The van der Waals surface area contributed by atoms with Gasteiger partial charge in [-0.2, -0.15) is 0 Å². The number of benzene rings is 1. The first-order chi connectivity index (χ1) is 12.7. The molecule has 1 fully saturated rings. The Morgan fingerprint density at radius 1 is 1.35 bits per heavy atom. The third-order valence-corrected chi connectivity index (χ3v) is 4.07. The van der Waals surface area contributed by atoms with Gasteiger partial charge >= 0.3 is 0 Å². The number of nitrogens with zero attached hydrogens (tertiary/aromatic N) is 1. The van der Waals surface area contributed by atoms with E-state index in [1.807, 2.05) is 31.2 Å². The monoisotopic (exact) mass is 362 g/mol. The summed E-state index contributed by atoms with van der Waals surface area (Å²) in [4.78, 5) is 16.1. The minimum absolute atomic E-state index is 0.0514. The van der Waals surface area contributed by atoms with Crippen LogP contribution in [0.25, 0.3) is 0 Å². The summed E-state index contributed by atoms with van der Waals surface area (Å²) in [5.74, 6) is 0.683. The van der Waals surface area contributed by atoms with Crippen LogP contribution in [0.1, 0.15) is 35.7 Å². The van der Waals surface area contributed by atoms with Crippen molar-refractivity contribution in [1.82, 2.24) is 16.0 Å². The molecule has 1 aromatic rings. The molecular formula is C19H30N4O3. The topological polar surface area (TPSA) is 84.0 Å². The second-order valence-electron chi connectivity index (χ2n) is 6.12. The molecule has 1 atom stereocenters. The normalized spacial score (nSPS) is 17.2. The molecule has 7 heteroatoms. The average Bonchev–Trinajstić information content (AvgIpc) is 3.18. The summed E-state index contributed by atoms with van der Waals surface area (Å²) in [7, 11) is 1.74. The Morgan fingerprint density at radius 2 is 2.23 bits per heavy atom. The van der Waals surface area contributed by atoms with Crippen LogP contribution >= 0.6 is 0 Å². The van der Waals surface area contributed by atoms with Gasteiger partial charge in [-0.05, 0) is 37.5 Å². The van der Waals surface area contributed by atoms with Crippen LogP contribution in [0.15, 0.2) is 29.3 Å². The number of hydrogen-bond donors (Lipinski definition) is 3. The van der Waals surface area contributed by atoms with Crippen molar-refractivity contribution in [2.75, 3.05) is 40.0 Å². The Balaban J connectivity index is 1.67. The van der Waals surface area contributed by atoms with Gasteiger partial charge in [0.15, 0.2) is 5.96 Å². The van der Waals surface area contributed by atoms with E-state index in [2.05, 4.69) is 20.9 Å². The number of carbonyl (C=O) groups excluding carboxylic acids is 1. The summed E-state index contributed by atoms with van der Waals surface area (Å²) in [5, 5.41) is 9.34. The molecule has 7 nitrogen and oxygen atoms in total. The summed E-state index contributed by atoms with van der Waals surface area (Å²) >= 11 is 0. The van der Waals surface area contributed by atoms with E-state index in [1.165, 1.54) is 0 Å². The summed E-state index contributed by atoms with van der Waals surface area (Å²) in [5.41, 5.74) is 1.70. The lowest BCUT2D eigenvalue weighted by Crippen LogP contribution is -2.37. The van der Waals surface area contributed by atoms with Crippen LogP contribution in [0.5, 0.6) is 0 Å². The predicted molar refractivity (Wildman–Crippen MR) is 102 cm³/mol. The molecule has 1 amide bonds. The summed E-state index contributed by atoms with van der Waals surface area (Å²) < 4.78 is 11.0. The number of aliphatic imine (C=N–C) groups is 1. The molecule has 1 unspecified atom stereocenters. The van der Waals surface area contributed by atoms with Crippen molar-refractivity contribution in [2.24, 2.45) is 4.99 Å². The van der Waals surface area contributed by atoms with Crippen LogP contribution in [0.2, 0.25) is 0 Å². The van der Waals surface area contributed by atoms with Crippen molar-refractivity contribution in [3.05, 3.63) is 35.4 Å². The van der Waals surface area contributed by atoms with Crippen LogP contribution in [-0.4, -0.2) is 57.9 Å². The lowest BCUT2D eigenvalue weighted by Gasteiger charge is -2.13. The zero-order valence-electron chi connectivity index (χ0n) is 15.7. The average molecular weight is 362 g/mol. The van der Waals surface area contributed by atoms with Crippen LogP contribution in [0.4, 0.5) is 0 Å². The van der Waals surface area contributed by atoms with Crippen molar-refractivity contribution in [3.8, 4) is 0 Å². The summed E-state index contributed by atoms with van der Waals surface area (Å²) in [6.07, 6.45) is 2.15. The Morgan fingerprint density at radius 3 is 2.96 bits per heavy atom. The van der Waals surface area contributed by atoms with E-state index in [4.69, 9.17) is 9.47 Å². The van der Waals surface area contributed by atoms with E-state index in [0.717, 1.165) is 37.5 Å². The smallest absolute Gasteiger partial charge is 0.251 e. The Kier molecular flexibility index (Phi) is 8.92. The van der Waals surface area contributed by atoms with Crippen molar-refractivity contribution < 1.29 is 14.3 Å². The molecule has 3 N–H and O–H groups in total.